The fourth-order valence-electron chi connectivity index (χ4n) is 3.44. The first-order valence-electron chi connectivity index (χ1n) is 9.98. The van der Waals surface area contributed by atoms with Crippen molar-refractivity contribution in [2.45, 2.75) is 20.8 Å². The fraction of sp³-hybridized carbons (Fsp3) is 0.120. The molecule has 0 aliphatic carbocycles. The second kappa shape index (κ2) is 8.63. The molecule has 2 aromatic heterocycles. The number of terminal acetylenes is 1. The number of allylic oxidation sites excluding steroid dienone is 1. The molecule has 0 unspecified atom stereocenters. The monoisotopic (exact) mass is 419 g/mol. The number of benzene rings is 2. The Hall–Kier alpha value is -4.62. The van der Waals surface area contributed by atoms with E-state index < -0.39 is 0 Å². The quantitative estimate of drug-likeness (QED) is 0.297. The molecule has 7 nitrogen and oxygen atoms in total. The molecule has 0 saturated heterocycles. The topological polar surface area (TPSA) is 102 Å². The lowest BCUT2D eigenvalue weighted by molar-refractivity contribution is 1.19. The first-order valence-corrected chi connectivity index (χ1v) is 9.98. The molecule has 0 atom stereocenters. The van der Waals surface area contributed by atoms with Gasteiger partial charge in [-0.15, -0.1) is 6.42 Å². The summed E-state index contributed by atoms with van der Waals surface area (Å²) in [5.74, 6) is 3.61. The highest BCUT2D eigenvalue weighted by Gasteiger charge is 2.13. The van der Waals surface area contributed by atoms with E-state index in [0.717, 1.165) is 33.6 Å². The lowest BCUT2D eigenvalue weighted by Gasteiger charge is -2.15. The number of nitrogens with one attached hydrogen (secondary N) is 3. The fourth-order valence-corrected chi connectivity index (χ4v) is 3.44. The van der Waals surface area contributed by atoms with Crippen molar-refractivity contribution in [1.82, 2.24) is 19.9 Å². The zero-order valence-electron chi connectivity index (χ0n) is 18.0. The van der Waals surface area contributed by atoms with Gasteiger partial charge in [0.05, 0.1) is 12.4 Å². The van der Waals surface area contributed by atoms with E-state index in [9.17, 15) is 0 Å². The molecule has 0 bridgehead atoms. The van der Waals surface area contributed by atoms with E-state index in [-0.39, 0.29) is 0 Å². The molecule has 32 heavy (non-hydrogen) atoms. The summed E-state index contributed by atoms with van der Waals surface area (Å²) in [7, 11) is 0. The third kappa shape index (κ3) is 4.28. The van der Waals surface area contributed by atoms with Crippen molar-refractivity contribution < 1.29 is 0 Å². The number of aryl methyl sites for hydroxylation is 2. The Balaban J connectivity index is 1.69. The van der Waals surface area contributed by atoms with Gasteiger partial charge in [-0.25, -0.2) is 4.98 Å². The molecular formula is C25H21N7. The molecule has 0 aliphatic rings. The summed E-state index contributed by atoms with van der Waals surface area (Å²) in [4.78, 5) is 16.6. The molecule has 0 aliphatic heterocycles. The highest BCUT2D eigenvalue weighted by atomic mass is 15.2. The molecule has 0 spiro atoms. The number of rotatable bonds is 5. The largest absolute Gasteiger partial charge is 0.338 e. The molecule has 4 rings (SSSR count). The summed E-state index contributed by atoms with van der Waals surface area (Å²) in [6.07, 6.45) is 8.89. The van der Waals surface area contributed by atoms with Crippen LogP contribution >= 0.6 is 0 Å². The van der Waals surface area contributed by atoms with Gasteiger partial charge in [0.2, 0.25) is 5.95 Å². The van der Waals surface area contributed by atoms with E-state index in [1.54, 1.807) is 13.3 Å². The molecule has 7 heteroatoms. The lowest BCUT2D eigenvalue weighted by Crippen LogP contribution is -2.04. The predicted octanol–water partition coefficient (Wildman–Crippen LogP) is 5.37. The molecular weight excluding hydrogens is 398 g/mol. The van der Waals surface area contributed by atoms with Gasteiger partial charge >= 0.3 is 0 Å². The first-order chi connectivity index (χ1) is 15.5. The number of nitriles is 1. The van der Waals surface area contributed by atoms with Crippen molar-refractivity contribution in [3.05, 3.63) is 70.6 Å². The SMILES string of the molecule is C#Cc1ccc(Nc2nc(Nc3c(C)cc(/C=C(\C)C#N)cc3C)c3nc[nH]c3n2)cc1. The van der Waals surface area contributed by atoms with E-state index in [2.05, 4.69) is 42.6 Å². The Morgan fingerprint density at radius 3 is 2.47 bits per heavy atom. The van der Waals surface area contributed by atoms with Crippen LogP contribution in [0.15, 0.2) is 48.3 Å². The predicted molar refractivity (Wildman–Crippen MR) is 128 cm³/mol. The van der Waals surface area contributed by atoms with Crippen LogP contribution in [0, 0.1) is 37.5 Å². The molecule has 156 valence electrons. The summed E-state index contributed by atoms with van der Waals surface area (Å²) in [6.45, 7) is 5.83. The molecule has 0 amide bonds. The smallest absolute Gasteiger partial charge is 0.231 e. The molecule has 0 fully saturated rings. The number of aromatic amines is 1. The average molecular weight is 419 g/mol. The summed E-state index contributed by atoms with van der Waals surface area (Å²) >= 11 is 0. The van der Waals surface area contributed by atoms with Gasteiger partial charge < -0.3 is 15.6 Å². The second-order valence-electron chi connectivity index (χ2n) is 7.44. The summed E-state index contributed by atoms with van der Waals surface area (Å²) in [5, 5.41) is 15.7. The number of anilines is 4. The van der Waals surface area contributed by atoms with Crippen molar-refractivity contribution >= 4 is 40.4 Å². The van der Waals surface area contributed by atoms with Gasteiger partial charge in [-0.2, -0.15) is 15.2 Å². The zero-order chi connectivity index (χ0) is 22.7. The summed E-state index contributed by atoms with van der Waals surface area (Å²) < 4.78 is 0. The van der Waals surface area contributed by atoms with E-state index in [1.807, 2.05) is 56.3 Å². The Bertz CT molecular complexity index is 1390. The van der Waals surface area contributed by atoms with E-state index in [4.69, 9.17) is 11.7 Å². The Morgan fingerprint density at radius 1 is 1.09 bits per heavy atom. The molecule has 2 aromatic carbocycles. The Kier molecular flexibility index (Phi) is 5.57. The minimum atomic E-state index is 0.428. The van der Waals surface area contributed by atoms with Gasteiger partial charge in [-0.3, -0.25) is 0 Å². The molecule has 2 heterocycles. The van der Waals surface area contributed by atoms with Gasteiger partial charge in [0.15, 0.2) is 17.0 Å². The number of fused-ring (bicyclic) bond motifs is 1. The maximum Gasteiger partial charge on any atom is 0.231 e. The van der Waals surface area contributed by atoms with Crippen LogP contribution in [0.2, 0.25) is 0 Å². The van der Waals surface area contributed by atoms with Crippen LogP contribution in [0.25, 0.3) is 17.2 Å². The maximum absolute atomic E-state index is 9.05. The summed E-state index contributed by atoms with van der Waals surface area (Å²) in [6, 6.07) is 13.7. The van der Waals surface area contributed by atoms with E-state index in [0.29, 0.717) is 28.5 Å². The van der Waals surface area contributed by atoms with Crippen molar-refractivity contribution in [3.8, 4) is 18.4 Å². The highest BCUT2D eigenvalue weighted by Crippen LogP contribution is 2.29. The molecule has 0 saturated carbocycles. The van der Waals surface area contributed by atoms with Crippen LogP contribution in [0.1, 0.15) is 29.2 Å². The van der Waals surface area contributed by atoms with Gasteiger partial charge in [0.25, 0.3) is 0 Å². The van der Waals surface area contributed by atoms with Crippen molar-refractivity contribution in [2.24, 2.45) is 0 Å². The van der Waals surface area contributed by atoms with E-state index >= 15 is 0 Å². The number of imidazole rings is 1. The van der Waals surface area contributed by atoms with Crippen molar-refractivity contribution in [2.75, 3.05) is 10.6 Å². The standard InChI is InChI=1S/C25H21N7/c1-5-18-6-8-20(9-7-18)29-25-31-23-22(27-14-28-23)24(32-25)30-21-16(3)11-19(12-17(21)4)10-15(2)13-26/h1,6-12,14H,2-4H3,(H3,27,28,29,30,31,32)/b15-10+. The van der Waals surface area contributed by atoms with E-state index in [1.165, 1.54) is 0 Å². The van der Waals surface area contributed by atoms with Crippen molar-refractivity contribution in [3.63, 3.8) is 0 Å². The minimum absolute atomic E-state index is 0.428. The molecule has 3 N–H and O–H groups in total. The van der Waals surface area contributed by atoms with Crippen LogP contribution in [0.3, 0.4) is 0 Å². The van der Waals surface area contributed by atoms with Crippen LogP contribution in [0.4, 0.5) is 23.1 Å². The second-order valence-corrected chi connectivity index (χ2v) is 7.44. The lowest BCUT2D eigenvalue weighted by atomic mass is 10.0. The third-order valence-electron chi connectivity index (χ3n) is 4.94. The number of aromatic nitrogens is 4. The highest BCUT2D eigenvalue weighted by molar-refractivity contribution is 5.87. The van der Waals surface area contributed by atoms with Gasteiger partial charge in [-0.05, 0) is 79.9 Å². The van der Waals surface area contributed by atoms with Crippen LogP contribution < -0.4 is 10.6 Å². The molecule has 4 aromatic rings. The zero-order valence-corrected chi connectivity index (χ0v) is 18.0. The van der Waals surface area contributed by atoms with Crippen LogP contribution in [-0.2, 0) is 0 Å². The minimum Gasteiger partial charge on any atom is -0.338 e. The number of H-pyrrole nitrogens is 1. The normalized spacial score (nSPS) is 11.1. The van der Waals surface area contributed by atoms with Crippen LogP contribution in [-0.4, -0.2) is 19.9 Å². The van der Waals surface area contributed by atoms with Crippen molar-refractivity contribution in [1.29, 1.82) is 5.26 Å². The summed E-state index contributed by atoms with van der Waals surface area (Å²) in [5.41, 5.74) is 7.52. The van der Waals surface area contributed by atoms with Gasteiger partial charge in [-0.1, -0.05) is 5.92 Å². The number of hydrogen-bond donors (Lipinski definition) is 3. The number of hydrogen-bond acceptors (Lipinski definition) is 6. The average Bonchev–Trinajstić information content (AvgIpc) is 3.25. The maximum atomic E-state index is 9.05. The Morgan fingerprint density at radius 2 is 1.81 bits per heavy atom. The molecule has 0 radical (unpaired) electrons. The van der Waals surface area contributed by atoms with Gasteiger partial charge in [0.1, 0.15) is 0 Å². The Labute approximate surface area is 186 Å². The third-order valence-corrected chi connectivity index (χ3v) is 4.94. The first kappa shape index (κ1) is 20.6. The number of nitrogens with zero attached hydrogens (tertiary/aromatic N) is 4. The van der Waals surface area contributed by atoms with Gasteiger partial charge in [0, 0.05) is 22.5 Å². The van der Waals surface area contributed by atoms with Crippen LogP contribution in [0.5, 0.6) is 0 Å².